The van der Waals surface area contributed by atoms with Gasteiger partial charge in [-0.25, -0.2) is 4.39 Å². The molecule has 3 atom stereocenters. The monoisotopic (exact) mass is 412 g/mol. The fraction of sp³-hybridized carbons (Fsp3) is 0.417. The molecule has 1 aliphatic rings. The van der Waals surface area contributed by atoms with Crippen molar-refractivity contribution >= 4 is 11.8 Å². The average Bonchev–Trinajstić information content (AvgIpc) is 3.10. The molecule has 2 aromatic carbocycles. The summed E-state index contributed by atoms with van der Waals surface area (Å²) in [5.41, 5.74) is 1.40. The lowest BCUT2D eigenvalue weighted by atomic mass is 9.98. The minimum absolute atomic E-state index is 0.0600. The maximum Gasteiger partial charge on any atom is 0.243 e. The Labute approximate surface area is 176 Å². The number of carbonyl (C=O) groups excluding carboxylic acids is 2. The van der Waals surface area contributed by atoms with Crippen molar-refractivity contribution in [2.45, 2.75) is 63.8 Å². The molecule has 1 heterocycles. The number of nitrogens with zero attached hydrogens (tertiary/aromatic N) is 1. The fourth-order valence-corrected chi connectivity index (χ4v) is 3.94. The Morgan fingerprint density at radius 3 is 2.60 bits per heavy atom. The van der Waals surface area contributed by atoms with Gasteiger partial charge in [0.05, 0.1) is 12.1 Å². The third-order valence-corrected chi connectivity index (χ3v) is 5.60. The summed E-state index contributed by atoms with van der Waals surface area (Å²) < 4.78 is 14.1. The molecule has 2 aromatic rings. The molecule has 5 nitrogen and oxygen atoms in total. The Kier molecular flexibility index (Phi) is 7.57. The summed E-state index contributed by atoms with van der Waals surface area (Å²) in [6.07, 6.45) is 1.83. The molecule has 0 spiro atoms. The molecular weight excluding hydrogens is 383 g/mol. The predicted molar refractivity (Wildman–Crippen MR) is 113 cm³/mol. The highest BCUT2D eigenvalue weighted by Gasteiger charge is 2.37. The highest BCUT2D eigenvalue weighted by molar-refractivity contribution is 5.91. The first-order valence-corrected chi connectivity index (χ1v) is 10.5. The summed E-state index contributed by atoms with van der Waals surface area (Å²) in [7, 11) is 0. The van der Waals surface area contributed by atoms with E-state index in [2.05, 4.69) is 5.32 Å². The zero-order valence-corrected chi connectivity index (χ0v) is 17.3. The molecular formula is C24H29FN2O3. The van der Waals surface area contributed by atoms with Crippen LogP contribution in [0.4, 0.5) is 4.39 Å². The van der Waals surface area contributed by atoms with E-state index < -0.39 is 24.0 Å². The van der Waals surface area contributed by atoms with Gasteiger partial charge >= 0.3 is 0 Å². The van der Waals surface area contributed by atoms with Gasteiger partial charge in [-0.3, -0.25) is 9.59 Å². The quantitative estimate of drug-likeness (QED) is 0.665. The van der Waals surface area contributed by atoms with E-state index in [4.69, 9.17) is 0 Å². The van der Waals surface area contributed by atoms with Crippen LogP contribution in [0.1, 0.15) is 43.7 Å². The van der Waals surface area contributed by atoms with Gasteiger partial charge in [0.2, 0.25) is 11.8 Å². The van der Waals surface area contributed by atoms with Gasteiger partial charge in [0.25, 0.3) is 0 Å². The van der Waals surface area contributed by atoms with E-state index in [1.54, 1.807) is 18.2 Å². The highest BCUT2D eigenvalue weighted by atomic mass is 19.1. The van der Waals surface area contributed by atoms with Crippen LogP contribution < -0.4 is 5.32 Å². The number of carbonyl (C=O) groups is 2. The summed E-state index contributed by atoms with van der Waals surface area (Å²) in [5.74, 6) is -0.850. The van der Waals surface area contributed by atoms with Gasteiger partial charge in [-0.05, 0) is 30.9 Å². The van der Waals surface area contributed by atoms with Gasteiger partial charge in [-0.15, -0.1) is 0 Å². The second-order valence-electron chi connectivity index (χ2n) is 7.83. The lowest BCUT2D eigenvalue weighted by Gasteiger charge is -2.29. The van der Waals surface area contributed by atoms with Crippen LogP contribution >= 0.6 is 0 Å². The fourth-order valence-electron chi connectivity index (χ4n) is 3.94. The summed E-state index contributed by atoms with van der Waals surface area (Å²) in [4.78, 5) is 26.9. The number of aliphatic hydroxyl groups is 1. The van der Waals surface area contributed by atoms with E-state index in [1.807, 2.05) is 37.3 Å². The Morgan fingerprint density at radius 1 is 1.20 bits per heavy atom. The number of nitrogens with one attached hydrogen (secondary N) is 1. The third kappa shape index (κ3) is 5.45. The summed E-state index contributed by atoms with van der Waals surface area (Å²) >= 11 is 0. The highest BCUT2D eigenvalue weighted by Crippen LogP contribution is 2.23. The van der Waals surface area contributed by atoms with Gasteiger partial charge in [0.1, 0.15) is 11.9 Å². The number of likely N-dealkylation sites (tertiary alicyclic amines) is 1. The van der Waals surface area contributed by atoms with Gasteiger partial charge in [-0.1, -0.05) is 61.9 Å². The minimum atomic E-state index is -0.684. The number of halogens is 1. The van der Waals surface area contributed by atoms with Crippen LogP contribution in [0.2, 0.25) is 0 Å². The largest absolute Gasteiger partial charge is 0.391 e. The standard InChI is InChI=1S/C24H29FN2O3/c1-2-8-22(28)20(15-17-9-4-3-5-10-17)26-24(30)21-13-14-23(29)27(21)16-18-11-6-7-12-19(18)25/h3-7,9-12,20-22,28H,2,8,13-16H2,1H3,(H,26,30)/t20?,21-,22?/m1/s1. The van der Waals surface area contributed by atoms with Crippen LogP contribution in [0.15, 0.2) is 54.6 Å². The molecule has 0 saturated carbocycles. The molecule has 3 rings (SSSR count). The first-order chi connectivity index (χ1) is 14.5. The molecule has 6 heteroatoms. The molecule has 1 aliphatic heterocycles. The van der Waals surface area contributed by atoms with Gasteiger partial charge in [0.15, 0.2) is 0 Å². The maximum absolute atomic E-state index is 14.1. The Bertz CT molecular complexity index is 859. The van der Waals surface area contributed by atoms with Gasteiger partial charge in [-0.2, -0.15) is 0 Å². The van der Waals surface area contributed by atoms with Crippen LogP contribution in [-0.2, 0) is 22.6 Å². The molecule has 0 aromatic heterocycles. The lowest BCUT2D eigenvalue weighted by Crippen LogP contribution is -2.51. The van der Waals surface area contributed by atoms with Crippen LogP contribution in [0.3, 0.4) is 0 Å². The summed E-state index contributed by atoms with van der Waals surface area (Å²) in [6, 6.07) is 14.9. The number of rotatable bonds is 9. The Hall–Kier alpha value is -2.73. The number of hydrogen-bond donors (Lipinski definition) is 2. The molecule has 160 valence electrons. The number of benzene rings is 2. The molecule has 2 N–H and O–H groups in total. The maximum atomic E-state index is 14.1. The van der Waals surface area contributed by atoms with Crippen molar-refractivity contribution < 1.29 is 19.1 Å². The Morgan fingerprint density at radius 2 is 1.90 bits per heavy atom. The van der Waals surface area contributed by atoms with E-state index in [1.165, 1.54) is 11.0 Å². The molecule has 2 amide bonds. The van der Waals surface area contributed by atoms with Crippen LogP contribution in [0.5, 0.6) is 0 Å². The van der Waals surface area contributed by atoms with E-state index in [0.29, 0.717) is 24.8 Å². The van der Waals surface area contributed by atoms with Crippen LogP contribution in [0, 0.1) is 5.82 Å². The van der Waals surface area contributed by atoms with Crippen molar-refractivity contribution in [3.8, 4) is 0 Å². The van der Waals surface area contributed by atoms with Crippen molar-refractivity contribution in [3.05, 3.63) is 71.5 Å². The SMILES string of the molecule is CCCC(O)C(Cc1ccccc1)NC(=O)[C@H]1CCC(=O)N1Cc1ccccc1F. The molecule has 1 saturated heterocycles. The predicted octanol–water partition coefficient (Wildman–Crippen LogP) is 3.21. The van der Waals surface area contributed by atoms with Crippen molar-refractivity contribution in [3.63, 3.8) is 0 Å². The molecule has 0 radical (unpaired) electrons. The van der Waals surface area contributed by atoms with E-state index in [0.717, 1.165) is 12.0 Å². The zero-order chi connectivity index (χ0) is 21.5. The van der Waals surface area contributed by atoms with Crippen LogP contribution in [-0.4, -0.2) is 40.0 Å². The van der Waals surface area contributed by atoms with Crippen molar-refractivity contribution in [1.82, 2.24) is 10.2 Å². The van der Waals surface area contributed by atoms with Crippen LogP contribution in [0.25, 0.3) is 0 Å². The van der Waals surface area contributed by atoms with E-state index in [-0.39, 0.29) is 24.8 Å². The van der Waals surface area contributed by atoms with Crippen molar-refractivity contribution in [2.24, 2.45) is 0 Å². The Balaban J connectivity index is 1.73. The summed E-state index contributed by atoms with van der Waals surface area (Å²) in [6.45, 7) is 2.04. The number of aliphatic hydroxyl groups excluding tert-OH is 1. The average molecular weight is 413 g/mol. The number of amides is 2. The third-order valence-electron chi connectivity index (χ3n) is 5.60. The molecule has 0 bridgehead atoms. The first-order valence-electron chi connectivity index (χ1n) is 10.5. The molecule has 1 fully saturated rings. The molecule has 0 aliphatic carbocycles. The van der Waals surface area contributed by atoms with E-state index in [9.17, 15) is 19.1 Å². The normalized spacial score (nSPS) is 18.3. The molecule has 30 heavy (non-hydrogen) atoms. The van der Waals surface area contributed by atoms with E-state index >= 15 is 0 Å². The smallest absolute Gasteiger partial charge is 0.243 e. The lowest BCUT2D eigenvalue weighted by molar-refractivity contribution is -0.136. The minimum Gasteiger partial charge on any atom is -0.391 e. The van der Waals surface area contributed by atoms with Gasteiger partial charge in [0, 0.05) is 18.5 Å². The number of hydrogen-bond acceptors (Lipinski definition) is 3. The van der Waals surface area contributed by atoms with Gasteiger partial charge < -0.3 is 15.3 Å². The summed E-state index contributed by atoms with van der Waals surface area (Å²) in [5, 5.41) is 13.6. The van der Waals surface area contributed by atoms with Crippen molar-refractivity contribution in [1.29, 1.82) is 0 Å². The zero-order valence-electron chi connectivity index (χ0n) is 17.3. The first kappa shape index (κ1) is 22.0. The second kappa shape index (κ2) is 10.3. The topological polar surface area (TPSA) is 69.6 Å². The van der Waals surface area contributed by atoms with Crippen molar-refractivity contribution in [2.75, 3.05) is 0 Å². The second-order valence-corrected chi connectivity index (χ2v) is 7.83. The molecule has 2 unspecified atom stereocenters.